The van der Waals surface area contributed by atoms with Gasteiger partial charge in [0.05, 0.1) is 23.6 Å². The molecule has 1 unspecified atom stereocenters. The van der Waals surface area contributed by atoms with Gasteiger partial charge in [0.1, 0.15) is 11.9 Å². The molecule has 1 aliphatic rings. The molecule has 0 saturated carbocycles. The van der Waals surface area contributed by atoms with Crippen LogP contribution in [0.15, 0.2) is 24.3 Å². The van der Waals surface area contributed by atoms with Gasteiger partial charge in [0.25, 0.3) is 0 Å². The number of hydrogen-bond donors (Lipinski definition) is 2. The molecule has 1 aromatic carbocycles. The average Bonchev–Trinajstić information content (AvgIpc) is 2.90. The van der Waals surface area contributed by atoms with Gasteiger partial charge >= 0.3 is 0 Å². The monoisotopic (exact) mass is 373 g/mol. The number of aromatic nitrogens is 2. The van der Waals surface area contributed by atoms with Crippen molar-refractivity contribution >= 4 is 17.5 Å². The Kier molecular flexibility index (Phi) is 5.55. The van der Waals surface area contributed by atoms with E-state index in [-0.39, 0.29) is 24.2 Å². The fraction of sp³-hybridized carbons (Fsp3) is 0.421. The molecule has 1 aliphatic heterocycles. The minimum atomic E-state index is -0.620. The largest absolute Gasteiger partial charge is 0.353 e. The molecule has 144 valence electrons. The van der Waals surface area contributed by atoms with Crippen LogP contribution in [0.4, 0.5) is 10.1 Å². The lowest BCUT2D eigenvalue weighted by Crippen LogP contribution is -2.52. The van der Waals surface area contributed by atoms with Crippen LogP contribution in [0.3, 0.4) is 0 Å². The summed E-state index contributed by atoms with van der Waals surface area (Å²) in [6, 6.07) is 5.18. The average molecular weight is 373 g/mol. The number of amides is 2. The van der Waals surface area contributed by atoms with Crippen LogP contribution in [0.5, 0.6) is 0 Å². The molecule has 2 aromatic rings. The summed E-state index contributed by atoms with van der Waals surface area (Å²) in [6.45, 7) is 7.54. The third-order valence-electron chi connectivity index (χ3n) is 4.79. The number of carbonyl (C=O) groups excluding carboxylic acids is 2. The van der Waals surface area contributed by atoms with Gasteiger partial charge in [-0.25, -0.2) is 4.39 Å². The Bertz CT molecular complexity index is 847. The van der Waals surface area contributed by atoms with Crippen molar-refractivity contribution in [2.24, 2.45) is 0 Å². The van der Waals surface area contributed by atoms with Gasteiger partial charge in [-0.05, 0) is 38.5 Å². The molecule has 3 rings (SSSR count). The van der Waals surface area contributed by atoms with Gasteiger partial charge < -0.3 is 10.6 Å². The highest BCUT2D eigenvalue weighted by molar-refractivity contribution is 5.94. The first kappa shape index (κ1) is 19.0. The first-order valence-corrected chi connectivity index (χ1v) is 9.01. The second kappa shape index (κ2) is 7.87. The molecule has 8 heteroatoms. The van der Waals surface area contributed by atoms with Gasteiger partial charge in [0, 0.05) is 19.6 Å². The van der Waals surface area contributed by atoms with Gasteiger partial charge in [-0.15, -0.1) is 0 Å². The lowest BCUT2D eigenvalue weighted by atomic mass is 10.0. The van der Waals surface area contributed by atoms with E-state index in [0.29, 0.717) is 24.3 Å². The highest BCUT2D eigenvalue weighted by Gasteiger charge is 2.32. The number of piperazine rings is 1. The number of halogens is 1. The molecule has 2 N–H and O–H groups in total. The Morgan fingerprint density at radius 1 is 1.33 bits per heavy atom. The predicted molar refractivity (Wildman–Crippen MR) is 99.7 cm³/mol. The van der Waals surface area contributed by atoms with Gasteiger partial charge in [0.2, 0.25) is 11.8 Å². The van der Waals surface area contributed by atoms with E-state index in [0.717, 1.165) is 17.9 Å². The first-order chi connectivity index (χ1) is 12.9. The zero-order valence-corrected chi connectivity index (χ0v) is 15.8. The predicted octanol–water partition coefficient (Wildman–Crippen LogP) is 1.77. The van der Waals surface area contributed by atoms with Crippen LogP contribution in [0, 0.1) is 19.7 Å². The molecule has 1 fully saturated rings. The van der Waals surface area contributed by atoms with Gasteiger partial charge in [-0.3, -0.25) is 19.2 Å². The Morgan fingerprint density at radius 2 is 2.04 bits per heavy atom. The van der Waals surface area contributed by atoms with Crippen molar-refractivity contribution in [3.8, 4) is 0 Å². The second-order valence-corrected chi connectivity index (χ2v) is 6.63. The Labute approximate surface area is 157 Å². The first-order valence-electron chi connectivity index (χ1n) is 9.01. The normalized spacial score (nSPS) is 17.6. The molecule has 0 aliphatic carbocycles. The molecule has 2 heterocycles. The van der Waals surface area contributed by atoms with Crippen molar-refractivity contribution in [2.45, 2.75) is 33.4 Å². The Balaban J connectivity index is 1.76. The number of carbonyl (C=O) groups is 2. The summed E-state index contributed by atoms with van der Waals surface area (Å²) < 4.78 is 15.1. The number of anilines is 1. The maximum Gasteiger partial charge on any atom is 0.242 e. The molecule has 1 atom stereocenters. The third kappa shape index (κ3) is 4.00. The molecule has 1 aromatic heterocycles. The zero-order chi connectivity index (χ0) is 19.6. The molecule has 0 radical (unpaired) electrons. The van der Waals surface area contributed by atoms with Gasteiger partial charge in [-0.1, -0.05) is 12.1 Å². The van der Waals surface area contributed by atoms with Crippen molar-refractivity contribution < 1.29 is 14.0 Å². The number of hydrogen-bond acceptors (Lipinski definition) is 4. The molecular weight excluding hydrogens is 349 g/mol. The van der Waals surface area contributed by atoms with E-state index in [9.17, 15) is 14.0 Å². The topological polar surface area (TPSA) is 79.3 Å². The van der Waals surface area contributed by atoms with Crippen LogP contribution < -0.4 is 10.6 Å². The fourth-order valence-corrected chi connectivity index (χ4v) is 3.44. The molecule has 1 saturated heterocycles. The quantitative estimate of drug-likeness (QED) is 0.837. The Morgan fingerprint density at radius 3 is 2.67 bits per heavy atom. The molecule has 27 heavy (non-hydrogen) atoms. The van der Waals surface area contributed by atoms with Crippen LogP contribution in [0.2, 0.25) is 0 Å². The van der Waals surface area contributed by atoms with Crippen LogP contribution >= 0.6 is 0 Å². The van der Waals surface area contributed by atoms with Crippen LogP contribution in [-0.4, -0.2) is 46.1 Å². The van der Waals surface area contributed by atoms with E-state index in [1.54, 1.807) is 17.0 Å². The van der Waals surface area contributed by atoms with E-state index >= 15 is 0 Å². The van der Waals surface area contributed by atoms with E-state index in [1.165, 1.54) is 12.1 Å². The van der Waals surface area contributed by atoms with Crippen molar-refractivity contribution in [1.29, 1.82) is 0 Å². The minimum Gasteiger partial charge on any atom is -0.353 e. The lowest BCUT2D eigenvalue weighted by Gasteiger charge is -2.34. The summed E-state index contributed by atoms with van der Waals surface area (Å²) >= 11 is 0. The molecule has 2 amide bonds. The molecule has 0 spiro atoms. The van der Waals surface area contributed by atoms with Crippen LogP contribution in [-0.2, 0) is 16.1 Å². The standard InChI is InChI=1S/C19H24FN5O2/c1-4-25-13(3)17(12(2)23-25)22-16(26)11-24-10-9-21-19(27)18(24)14-5-7-15(20)8-6-14/h5-8,18H,4,9-11H2,1-3H3,(H,21,27)(H,22,26). The lowest BCUT2D eigenvalue weighted by molar-refractivity contribution is -0.130. The van der Waals surface area contributed by atoms with Gasteiger partial charge in [0.15, 0.2) is 0 Å². The summed E-state index contributed by atoms with van der Waals surface area (Å²) in [5.41, 5.74) is 3.03. The van der Waals surface area contributed by atoms with Gasteiger partial charge in [-0.2, -0.15) is 5.10 Å². The minimum absolute atomic E-state index is 0.0612. The number of rotatable bonds is 5. The summed E-state index contributed by atoms with van der Waals surface area (Å²) in [7, 11) is 0. The highest BCUT2D eigenvalue weighted by Crippen LogP contribution is 2.24. The van der Waals surface area contributed by atoms with E-state index in [4.69, 9.17) is 0 Å². The van der Waals surface area contributed by atoms with E-state index < -0.39 is 6.04 Å². The molecule has 7 nitrogen and oxygen atoms in total. The van der Waals surface area contributed by atoms with Crippen molar-refractivity contribution in [1.82, 2.24) is 20.0 Å². The van der Waals surface area contributed by atoms with Crippen molar-refractivity contribution in [3.63, 3.8) is 0 Å². The van der Waals surface area contributed by atoms with E-state index in [2.05, 4.69) is 15.7 Å². The zero-order valence-electron chi connectivity index (χ0n) is 15.8. The molecule has 0 bridgehead atoms. The van der Waals surface area contributed by atoms with Crippen LogP contribution in [0.1, 0.15) is 29.9 Å². The summed E-state index contributed by atoms with van der Waals surface area (Å²) in [6.07, 6.45) is 0. The number of benzene rings is 1. The second-order valence-electron chi connectivity index (χ2n) is 6.63. The number of nitrogens with zero attached hydrogens (tertiary/aromatic N) is 3. The van der Waals surface area contributed by atoms with Crippen molar-refractivity contribution in [3.05, 3.63) is 47.0 Å². The number of aryl methyl sites for hydroxylation is 2. The third-order valence-corrected chi connectivity index (χ3v) is 4.79. The number of nitrogens with one attached hydrogen (secondary N) is 2. The molecular formula is C19H24FN5O2. The highest BCUT2D eigenvalue weighted by atomic mass is 19.1. The van der Waals surface area contributed by atoms with Crippen molar-refractivity contribution in [2.75, 3.05) is 25.0 Å². The summed E-state index contributed by atoms with van der Waals surface area (Å²) in [5, 5.41) is 10.1. The van der Waals surface area contributed by atoms with E-state index in [1.807, 2.05) is 25.5 Å². The summed E-state index contributed by atoms with van der Waals surface area (Å²) in [5.74, 6) is -0.761. The fourth-order valence-electron chi connectivity index (χ4n) is 3.44. The Hall–Kier alpha value is -2.74. The summed E-state index contributed by atoms with van der Waals surface area (Å²) in [4.78, 5) is 26.8. The maximum atomic E-state index is 13.2. The maximum absolute atomic E-state index is 13.2. The van der Waals surface area contributed by atoms with Crippen LogP contribution in [0.25, 0.3) is 0 Å². The SMILES string of the molecule is CCn1nc(C)c(NC(=O)CN2CCNC(=O)C2c2ccc(F)cc2)c1C. The smallest absolute Gasteiger partial charge is 0.242 e.